The molecule has 1 aromatic rings. The number of ketones is 1. The van der Waals surface area contributed by atoms with E-state index < -0.39 is 11.7 Å². The SMILES string of the molecule is COc1ccc(NC(=O)OC(C)(C)C)c(CC(C)=O)c1. The van der Waals surface area contributed by atoms with Gasteiger partial charge >= 0.3 is 6.09 Å². The highest BCUT2D eigenvalue weighted by Gasteiger charge is 2.17. The number of hydrogen-bond acceptors (Lipinski definition) is 4. The summed E-state index contributed by atoms with van der Waals surface area (Å²) in [6.07, 6.45) is -0.324. The first-order chi connectivity index (χ1) is 9.21. The Morgan fingerprint density at radius 2 is 1.90 bits per heavy atom. The van der Waals surface area contributed by atoms with Crippen molar-refractivity contribution in [3.05, 3.63) is 23.8 Å². The van der Waals surface area contributed by atoms with Crippen LogP contribution in [0.4, 0.5) is 10.5 Å². The second-order valence-corrected chi connectivity index (χ2v) is 5.53. The Morgan fingerprint density at radius 1 is 1.25 bits per heavy atom. The standard InChI is InChI=1S/C15H21NO4/c1-10(17)8-11-9-12(19-5)6-7-13(11)16-14(18)20-15(2,3)4/h6-7,9H,8H2,1-5H3,(H,16,18). The van der Waals surface area contributed by atoms with Crippen molar-refractivity contribution in [3.63, 3.8) is 0 Å². The number of hydrogen-bond donors (Lipinski definition) is 1. The average Bonchev–Trinajstić information content (AvgIpc) is 2.28. The summed E-state index contributed by atoms with van der Waals surface area (Å²) in [4.78, 5) is 23.1. The van der Waals surface area contributed by atoms with Crippen LogP contribution in [0.3, 0.4) is 0 Å². The molecule has 0 unspecified atom stereocenters. The summed E-state index contributed by atoms with van der Waals surface area (Å²) in [5, 5.41) is 2.65. The van der Waals surface area contributed by atoms with E-state index in [0.29, 0.717) is 17.0 Å². The van der Waals surface area contributed by atoms with Crippen molar-refractivity contribution in [2.75, 3.05) is 12.4 Å². The van der Waals surface area contributed by atoms with E-state index in [1.54, 1.807) is 46.1 Å². The number of benzene rings is 1. The molecule has 1 aromatic carbocycles. The molecule has 0 fully saturated rings. The molecule has 5 nitrogen and oxygen atoms in total. The Bertz CT molecular complexity index is 503. The van der Waals surface area contributed by atoms with Gasteiger partial charge in [-0.3, -0.25) is 10.1 Å². The summed E-state index contributed by atoms with van der Waals surface area (Å²) in [6.45, 7) is 6.86. The third-order valence-electron chi connectivity index (χ3n) is 2.39. The van der Waals surface area contributed by atoms with Crippen LogP contribution in [-0.2, 0) is 16.0 Å². The third-order valence-corrected chi connectivity index (χ3v) is 2.39. The summed E-state index contributed by atoms with van der Waals surface area (Å²) in [6, 6.07) is 5.14. The Labute approximate surface area is 119 Å². The summed E-state index contributed by atoms with van der Waals surface area (Å²) >= 11 is 0. The predicted octanol–water partition coefficient (Wildman–Crippen LogP) is 3.17. The van der Waals surface area contributed by atoms with E-state index in [2.05, 4.69) is 5.32 Å². The van der Waals surface area contributed by atoms with Gasteiger partial charge in [-0.15, -0.1) is 0 Å². The maximum atomic E-state index is 11.8. The Kier molecular flexibility index (Phi) is 5.13. The normalized spacial score (nSPS) is 10.8. The molecule has 0 saturated carbocycles. The maximum Gasteiger partial charge on any atom is 0.412 e. The number of amides is 1. The zero-order valence-corrected chi connectivity index (χ0v) is 12.6. The largest absolute Gasteiger partial charge is 0.497 e. The molecule has 0 radical (unpaired) electrons. The first kappa shape index (κ1) is 16.0. The van der Waals surface area contributed by atoms with E-state index >= 15 is 0 Å². The van der Waals surface area contributed by atoms with Crippen molar-refractivity contribution in [1.29, 1.82) is 0 Å². The van der Waals surface area contributed by atoms with Gasteiger partial charge in [0.25, 0.3) is 0 Å². The van der Waals surface area contributed by atoms with Gasteiger partial charge in [-0.25, -0.2) is 4.79 Å². The topological polar surface area (TPSA) is 64.6 Å². The first-order valence-electron chi connectivity index (χ1n) is 6.37. The van der Waals surface area contributed by atoms with Gasteiger partial charge < -0.3 is 9.47 Å². The fourth-order valence-corrected chi connectivity index (χ4v) is 1.65. The van der Waals surface area contributed by atoms with E-state index in [-0.39, 0.29) is 12.2 Å². The highest BCUT2D eigenvalue weighted by molar-refractivity contribution is 5.88. The van der Waals surface area contributed by atoms with Crippen LogP contribution in [-0.4, -0.2) is 24.6 Å². The van der Waals surface area contributed by atoms with Crippen LogP contribution >= 0.6 is 0 Å². The number of ether oxygens (including phenoxy) is 2. The van der Waals surface area contributed by atoms with E-state index in [9.17, 15) is 9.59 Å². The summed E-state index contributed by atoms with van der Waals surface area (Å²) in [5.41, 5.74) is 0.676. The van der Waals surface area contributed by atoms with Crippen molar-refractivity contribution >= 4 is 17.6 Å². The van der Waals surface area contributed by atoms with Gasteiger partial charge in [0.1, 0.15) is 17.1 Å². The highest BCUT2D eigenvalue weighted by Crippen LogP contribution is 2.23. The number of nitrogens with one attached hydrogen (secondary N) is 1. The molecular weight excluding hydrogens is 258 g/mol. The third kappa shape index (κ3) is 5.30. The molecule has 0 atom stereocenters. The minimum absolute atomic E-state index is 0.00508. The smallest absolute Gasteiger partial charge is 0.412 e. The molecule has 1 amide bonds. The molecule has 0 saturated heterocycles. The summed E-state index contributed by atoms with van der Waals surface area (Å²) in [7, 11) is 1.55. The van der Waals surface area contributed by atoms with Crippen LogP contribution in [0.15, 0.2) is 18.2 Å². The Morgan fingerprint density at radius 3 is 2.40 bits per heavy atom. The van der Waals surface area contributed by atoms with E-state index in [0.717, 1.165) is 0 Å². The van der Waals surface area contributed by atoms with E-state index in [4.69, 9.17) is 9.47 Å². The molecule has 0 heterocycles. The lowest BCUT2D eigenvalue weighted by Gasteiger charge is -2.20. The van der Waals surface area contributed by atoms with Crippen LogP contribution in [0.25, 0.3) is 0 Å². The molecule has 0 aliphatic carbocycles. The second-order valence-electron chi connectivity index (χ2n) is 5.53. The molecule has 1 N–H and O–H groups in total. The van der Waals surface area contributed by atoms with Crippen LogP contribution < -0.4 is 10.1 Å². The van der Waals surface area contributed by atoms with Crippen molar-refractivity contribution < 1.29 is 19.1 Å². The fraction of sp³-hybridized carbons (Fsp3) is 0.467. The van der Waals surface area contributed by atoms with Crippen molar-refractivity contribution in [2.24, 2.45) is 0 Å². The van der Waals surface area contributed by atoms with Crippen molar-refractivity contribution in [1.82, 2.24) is 0 Å². The number of Topliss-reactive ketones (excluding diaryl/α,β-unsaturated/α-hetero) is 1. The van der Waals surface area contributed by atoms with Crippen LogP contribution in [0.5, 0.6) is 5.75 Å². The number of anilines is 1. The number of methoxy groups -OCH3 is 1. The van der Waals surface area contributed by atoms with E-state index in [1.165, 1.54) is 6.92 Å². The van der Waals surface area contributed by atoms with Gasteiger partial charge in [0.05, 0.1) is 7.11 Å². The van der Waals surface area contributed by atoms with Gasteiger partial charge in [-0.1, -0.05) is 0 Å². The molecule has 0 bridgehead atoms. The molecule has 0 aliphatic rings. The summed E-state index contributed by atoms with van der Waals surface area (Å²) in [5.74, 6) is 0.640. The monoisotopic (exact) mass is 279 g/mol. The number of carbonyl (C=O) groups excluding carboxylic acids is 2. The van der Waals surface area contributed by atoms with Crippen molar-refractivity contribution in [2.45, 2.75) is 39.7 Å². The number of rotatable bonds is 4. The summed E-state index contributed by atoms with van der Waals surface area (Å²) < 4.78 is 10.3. The van der Waals surface area contributed by atoms with Crippen LogP contribution in [0.1, 0.15) is 33.3 Å². The molecule has 0 spiro atoms. The zero-order valence-electron chi connectivity index (χ0n) is 12.6. The van der Waals surface area contributed by atoms with Gasteiger partial charge in [0.2, 0.25) is 0 Å². The average molecular weight is 279 g/mol. The van der Waals surface area contributed by atoms with Gasteiger partial charge in [-0.05, 0) is 51.5 Å². The van der Waals surface area contributed by atoms with Crippen LogP contribution in [0.2, 0.25) is 0 Å². The fourth-order valence-electron chi connectivity index (χ4n) is 1.65. The van der Waals surface area contributed by atoms with Gasteiger partial charge in [-0.2, -0.15) is 0 Å². The molecule has 1 rings (SSSR count). The minimum atomic E-state index is -0.572. The van der Waals surface area contributed by atoms with Gasteiger partial charge in [0.15, 0.2) is 0 Å². The predicted molar refractivity (Wildman–Crippen MR) is 77.2 cm³/mol. The highest BCUT2D eigenvalue weighted by atomic mass is 16.6. The minimum Gasteiger partial charge on any atom is -0.497 e. The first-order valence-corrected chi connectivity index (χ1v) is 6.37. The Balaban J connectivity index is 2.93. The molecule has 5 heteroatoms. The second kappa shape index (κ2) is 6.41. The van der Waals surface area contributed by atoms with Crippen molar-refractivity contribution in [3.8, 4) is 5.75 Å². The lowest BCUT2D eigenvalue weighted by Crippen LogP contribution is -2.27. The molecule has 20 heavy (non-hydrogen) atoms. The maximum absolute atomic E-state index is 11.8. The quantitative estimate of drug-likeness (QED) is 0.919. The molecule has 0 aromatic heterocycles. The zero-order chi connectivity index (χ0) is 15.3. The molecular formula is C15H21NO4. The molecule has 0 aliphatic heterocycles. The van der Waals surface area contributed by atoms with Crippen LogP contribution in [0, 0.1) is 0 Å². The lowest BCUT2D eigenvalue weighted by molar-refractivity contribution is -0.116. The number of carbonyl (C=O) groups is 2. The lowest BCUT2D eigenvalue weighted by atomic mass is 10.1. The van der Waals surface area contributed by atoms with E-state index in [1.807, 2.05) is 0 Å². The Hall–Kier alpha value is -2.04. The molecule has 110 valence electrons. The van der Waals surface area contributed by atoms with Gasteiger partial charge in [0, 0.05) is 12.1 Å².